The quantitative estimate of drug-likeness (QED) is 0.476. The minimum Gasteiger partial charge on any atom is -0.462 e. The van der Waals surface area contributed by atoms with Crippen LogP contribution in [0, 0.1) is 6.92 Å². The predicted octanol–water partition coefficient (Wildman–Crippen LogP) is 3.25. The Balaban J connectivity index is 1.59. The fourth-order valence-corrected chi connectivity index (χ4v) is 4.03. The van der Waals surface area contributed by atoms with Crippen LogP contribution in [0.2, 0.25) is 0 Å². The molecule has 0 aliphatic carbocycles. The number of halogens is 3. The zero-order valence-electron chi connectivity index (χ0n) is 18.0. The first-order chi connectivity index (χ1) is 16.0. The number of nitrogens with zero attached hydrogens (tertiary/aromatic N) is 2. The number of nitrogens with one attached hydrogen (secondary N) is 1. The van der Waals surface area contributed by atoms with Crippen molar-refractivity contribution in [2.75, 3.05) is 18.9 Å². The zero-order chi connectivity index (χ0) is 25.0. The minimum absolute atomic E-state index is 0.0483. The number of fused-ring (bicyclic) bond motifs is 1. The summed E-state index contributed by atoms with van der Waals surface area (Å²) in [6.45, 7) is 2.73. The average molecular weight is 496 g/mol. The van der Waals surface area contributed by atoms with Crippen LogP contribution in [0.5, 0.6) is 0 Å². The maximum atomic E-state index is 12.6. The van der Waals surface area contributed by atoms with Crippen molar-refractivity contribution in [1.29, 1.82) is 0 Å². The summed E-state index contributed by atoms with van der Waals surface area (Å²) in [4.78, 5) is 45.2. The van der Waals surface area contributed by atoms with E-state index in [0.29, 0.717) is 20.7 Å². The van der Waals surface area contributed by atoms with Gasteiger partial charge in [0.1, 0.15) is 22.1 Å². The van der Waals surface area contributed by atoms with E-state index in [1.54, 1.807) is 13.8 Å². The normalized spacial score (nSPS) is 11.3. The number of amides is 1. The van der Waals surface area contributed by atoms with Crippen molar-refractivity contribution in [2.24, 2.45) is 0 Å². The molecule has 3 aromatic rings. The van der Waals surface area contributed by atoms with Crippen LogP contribution in [-0.2, 0) is 27.1 Å². The van der Waals surface area contributed by atoms with E-state index in [1.807, 2.05) is 0 Å². The lowest BCUT2D eigenvalue weighted by Crippen LogP contribution is -2.30. The van der Waals surface area contributed by atoms with Gasteiger partial charge in [0.15, 0.2) is 12.4 Å². The Morgan fingerprint density at radius 3 is 2.41 bits per heavy atom. The maximum Gasteiger partial charge on any atom is 0.416 e. The number of aryl methyl sites for hydroxylation is 1. The largest absolute Gasteiger partial charge is 0.462 e. The Morgan fingerprint density at radius 1 is 1.12 bits per heavy atom. The van der Waals surface area contributed by atoms with Gasteiger partial charge in [0.05, 0.1) is 17.6 Å². The van der Waals surface area contributed by atoms with Gasteiger partial charge in [-0.15, -0.1) is 11.3 Å². The molecule has 1 amide bonds. The van der Waals surface area contributed by atoms with E-state index >= 15 is 0 Å². The van der Waals surface area contributed by atoms with E-state index < -0.39 is 36.1 Å². The number of anilines is 1. The monoisotopic (exact) mass is 496 g/mol. The first-order valence-corrected chi connectivity index (χ1v) is 10.7. The fraction of sp³-hybridized carbons (Fsp3) is 0.286. The molecule has 0 bridgehead atoms. The van der Waals surface area contributed by atoms with Crippen LogP contribution in [0.15, 0.2) is 24.3 Å². The highest BCUT2D eigenvalue weighted by atomic mass is 32.1. The van der Waals surface area contributed by atoms with Crippen molar-refractivity contribution < 1.29 is 37.0 Å². The number of thiophene rings is 1. The van der Waals surface area contributed by atoms with Crippen molar-refractivity contribution in [1.82, 2.24) is 15.3 Å². The molecular formula is C21H19F3N4O5S. The van der Waals surface area contributed by atoms with E-state index in [-0.39, 0.29) is 30.4 Å². The first kappa shape index (κ1) is 24.9. The summed E-state index contributed by atoms with van der Waals surface area (Å²) in [6.07, 6.45) is -4.52. The molecule has 0 saturated carbocycles. The van der Waals surface area contributed by atoms with E-state index in [9.17, 15) is 27.6 Å². The lowest BCUT2D eigenvalue weighted by Gasteiger charge is -2.09. The molecule has 0 aliphatic rings. The smallest absolute Gasteiger partial charge is 0.416 e. The number of esters is 2. The number of ether oxygens (including phenoxy) is 2. The van der Waals surface area contributed by atoms with Gasteiger partial charge in [0.2, 0.25) is 0 Å². The third-order valence-corrected chi connectivity index (χ3v) is 5.72. The summed E-state index contributed by atoms with van der Waals surface area (Å²) in [7, 11) is 0. The van der Waals surface area contributed by atoms with Gasteiger partial charge in [-0.05, 0) is 43.7 Å². The number of hydrogen-bond acceptors (Lipinski definition) is 9. The number of benzene rings is 1. The van der Waals surface area contributed by atoms with Crippen LogP contribution in [-0.4, -0.2) is 41.0 Å². The third-order valence-electron chi connectivity index (χ3n) is 4.56. The van der Waals surface area contributed by atoms with E-state index in [4.69, 9.17) is 15.2 Å². The van der Waals surface area contributed by atoms with Crippen LogP contribution in [0.4, 0.5) is 19.0 Å². The summed E-state index contributed by atoms with van der Waals surface area (Å²) in [5.74, 6) is -1.87. The summed E-state index contributed by atoms with van der Waals surface area (Å²) in [6, 6.07) is 3.54. The summed E-state index contributed by atoms with van der Waals surface area (Å²) in [5, 5.41) is 2.77. The Hall–Kier alpha value is -3.74. The van der Waals surface area contributed by atoms with Gasteiger partial charge in [-0.1, -0.05) is 0 Å². The lowest BCUT2D eigenvalue weighted by molar-refractivity contribution is -0.144. The molecule has 34 heavy (non-hydrogen) atoms. The molecule has 2 aromatic heterocycles. The highest BCUT2D eigenvalue weighted by molar-refractivity contribution is 7.20. The number of carbonyl (C=O) groups excluding carboxylic acids is 3. The SMILES string of the molecule is CCOC(=O)c1sc2nc(COC(=O)CNC(=O)c3ccc(C(F)(F)F)cc3)nc(N)c2c1C. The van der Waals surface area contributed by atoms with Gasteiger partial charge in [-0.3, -0.25) is 9.59 Å². The van der Waals surface area contributed by atoms with Crippen molar-refractivity contribution >= 4 is 45.2 Å². The Bertz CT molecular complexity index is 1240. The van der Waals surface area contributed by atoms with E-state index in [1.165, 1.54) is 0 Å². The molecule has 13 heteroatoms. The molecule has 9 nitrogen and oxygen atoms in total. The predicted molar refractivity (Wildman–Crippen MR) is 116 cm³/mol. The Kier molecular flexibility index (Phi) is 7.35. The van der Waals surface area contributed by atoms with Crippen molar-refractivity contribution in [3.8, 4) is 0 Å². The maximum absolute atomic E-state index is 12.6. The second-order valence-corrected chi connectivity index (χ2v) is 7.90. The molecular weight excluding hydrogens is 477 g/mol. The van der Waals surface area contributed by atoms with Crippen LogP contribution in [0.25, 0.3) is 10.2 Å². The highest BCUT2D eigenvalue weighted by Gasteiger charge is 2.30. The van der Waals surface area contributed by atoms with Gasteiger partial charge < -0.3 is 20.5 Å². The molecule has 3 rings (SSSR count). The molecule has 0 spiro atoms. The Labute approximate surface area is 195 Å². The van der Waals surface area contributed by atoms with Crippen molar-refractivity contribution in [2.45, 2.75) is 26.6 Å². The number of nitrogen functional groups attached to an aromatic ring is 1. The van der Waals surface area contributed by atoms with Crippen molar-refractivity contribution in [3.05, 3.63) is 51.7 Å². The number of carbonyl (C=O) groups is 3. The highest BCUT2D eigenvalue weighted by Crippen LogP contribution is 2.33. The molecule has 0 aliphatic heterocycles. The fourth-order valence-electron chi connectivity index (χ4n) is 2.93. The average Bonchev–Trinajstić information content (AvgIpc) is 3.12. The summed E-state index contributed by atoms with van der Waals surface area (Å²) in [5.41, 5.74) is 5.63. The van der Waals surface area contributed by atoms with E-state index in [2.05, 4.69) is 15.3 Å². The van der Waals surface area contributed by atoms with Gasteiger partial charge in [-0.2, -0.15) is 13.2 Å². The van der Waals surface area contributed by atoms with Gasteiger partial charge >= 0.3 is 18.1 Å². The van der Waals surface area contributed by atoms with Crippen LogP contribution in [0.1, 0.15) is 43.9 Å². The molecule has 2 heterocycles. The number of hydrogen-bond donors (Lipinski definition) is 2. The van der Waals surface area contributed by atoms with Crippen molar-refractivity contribution in [3.63, 3.8) is 0 Å². The minimum atomic E-state index is -4.52. The number of nitrogens with two attached hydrogens (primary N) is 1. The van der Waals surface area contributed by atoms with Gasteiger partial charge in [0.25, 0.3) is 5.91 Å². The topological polar surface area (TPSA) is 134 Å². The second kappa shape index (κ2) is 10.0. The number of aromatic nitrogens is 2. The zero-order valence-corrected chi connectivity index (χ0v) is 18.8. The molecule has 0 radical (unpaired) electrons. The molecule has 1 aromatic carbocycles. The molecule has 180 valence electrons. The number of rotatable bonds is 7. The van der Waals surface area contributed by atoms with Gasteiger partial charge in [-0.25, -0.2) is 14.8 Å². The molecule has 0 atom stereocenters. The third kappa shape index (κ3) is 5.60. The van der Waals surface area contributed by atoms with E-state index in [0.717, 1.165) is 35.6 Å². The van der Waals surface area contributed by atoms with Crippen LogP contribution < -0.4 is 11.1 Å². The first-order valence-electron chi connectivity index (χ1n) is 9.85. The Morgan fingerprint density at radius 2 is 1.79 bits per heavy atom. The molecule has 0 unspecified atom stereocenters. The summed E-state index contributed by atoms with van der Waals surface area (Å²) >= 11 is 1.08. The molecule has 0 fully saturated rings. The molecule has 3 N–H and O–H groups in total. The van der Waals surface area contributed by atoms with Crippen LogP contribution >= 0.6 is 11.3 Å². The molecule has 0 saturated heterocycles. The number of alkyl halides is 3. The van der Waals surface area contributed by atoms with Crippen LogP contribution in [0.3, 0.4) is 0 Å². The standard InChI is InChI=1S/C21H19F3N4O5S/c1-3-32-20(31)16-10(2)15-17(25)27-13(28-19(15)34-16)9-33-14(29)8-26-18(30)11-4-6-12(7-5-11)21(22,23)24/h4-7H,3,8-9H2,1-2H3,(H,26,30)(H2,25,27,28). The second-order valence-electron chi connectivity index (χ2n) is 6.90. The summed E-state index contributed by atoms with van der Waals surface area (Å²) < 4.78 is 47.8. The lowest BCUT2D eigenvalue weighted by atomic mass is 10.1. The van der Waals surface area contributed by atoms with Gasteiger partial charge in [0, 0.05) is 5.56 Å².